The van der Waals surface area contributed by atoms with E-state index in [4.69, 9.17) is 11.6 Å². The quantitative estimate of drug-likeness (QED) is 0.569. The van der Waals surface area contributed by atoms with Gasteiger partial charge in [0.1, 0.15) is 5.75 Å². The van der Waals surface area contributed by atoms with E-state index in [9.17, 15) is 8.78 Å². The molecule has 0 bridgehead atoms. The van der Waals surface area contributed by atoms with Crippen molar-refractivity contribution in [3.63, 3.8) is 0 Å². The Morgan fingerprint density at radius 3 is 2.47 bits per heavy atom. The van der Waals surface area contributed by atoms with Crippen molar-refractivity contribution in [2.24, 2.45) is 0 Å². The van der Waals surface area contributed by atoms with Gasteiger partial charge in [-0.15, -0.1) is 0 Å². The molecule has 1 atom stereocenters. The summed E-state index contributed by atoms with van der Waals surface area (Å²) >= 11 is 5.99. The highest BCUT2D eigenvalue weighted by Crippen LogP contribution is 2.36. The van der Waals surface area contributed by atoms with E-state index in [1.807, 2.05) is 0 Å². The van der Waals surface area contributed by atoms with Crippen LogP contribution in [0.4, 0.5) is 8.78 Å². The molecule has 0 aliphatic carbocycles. The van der Waals surface area contributed by atoms with Crippen LogP contribution in [0.1, 0.15) is 57.4 Å². The van der Waals surface area contributed by atoms with Crippen LogP contribution in [0, 0.1) is 0 Å². The highest BCUT2D eigenvalue weighted by molar-refractivity contribution is 6.30. The van der Waals surface area contributed by atoms with Crippen LogP contribution in [0.2, 0.25) is 5.02 Å². The second-order valence-electron chi connectivity index (χ2n) is 4.69. The number of halogens is 3. The van der Waals surface area contributed by atoms with E-state index in [0.717, 1.165) is 37.7 Å². The summed E-state index contributed by atoms with van der Waals surface area (Å²) in [6.45, 7) is 1.42. The molecule has 1 unspecified atom stereocenters. The number of alkyl halides is 2. The first-order valence-corrected chi connectivity index (χ1v) is 7.20. The summed E-state index contributed by atoms with van der Waals surface area (Å²) in [5, 5.41) is 0.564. The molecule has 0 aliphatic heterocycles. The van der Waals surface area contributed by atoms with E-state index in [2.05, 4.69) is 18.6 Å². The summed E-state index contributed by atoms with van der Waals surface area (Å²) in [6, 6.07) is 4.89. The standard InChI is InChI=1S/C15H21ClF2O/c1-3-5-7-11(6-4-2)13-10-12(16)8-9-14(13)19-15(17)18/h8-11,15H,3-7H2,1-2H3. The Bertz CT molecular complexity index is 382. The van der Waals surface area contributed by atoms with Crippen LogP contribution in [0.5, 0.6) is 5.75 Å². The minimum absolute atomic E-state index is 0.234. The molecule has 0 N–H and O–H groups in total. The second-order valence-corrected chi connectivity index (χ2v) is 5.12. The lowest BCUT2D eigenvalue weighted by Crippen LogP contribution is -2.07. The Morgan fingerprint density at radius 2 is 1.89 bits per heavy atom. The molecule has 0 spiro atoms. The Morgan fingerprint density at radius 1 is 1.16 bits per heavy atom. The molecule has 1 nitrogen and oxygen atoms in total. The zero-order valence-corrected chi connectivity index (χ0v) is 12.2. The zero-order valence-electron chi connectivity index (χ0n) is 11.5. The van der Waals surface area contributed by atoms with Crippen LogP contribution < -0.4 is 4.74 Å². The lowest BCUT2D eigenvalue weighted by atomic mass is 9.89. The summed E-state index contributed by atoms with van der Waals surface area (Å²) < 4.78 is 29.5. The van der Waals surface area contributed by atoms with Crippen LogP contribution in [0.3, 0.4) is 0 Å². The third-order valence-electron chi connectivity index (χ3n) is 3.17. The topological polar surface area (TPSA) is 9.23 Å². The minimum atomic E-state index is -2.80. The summed E-state index contributed by atoms with van der Waals surface area (Å²) in [6.07, 6.45) is 5.11. The van der Waals surface area contributed by atoms with Gasteiger partial charge in [0.15, 0.2) is 0 Å². The molecule has 0 radical (unpaired) electrons. The number of hydrogen-bond donors (Lipinski definition) is 0. The van der Waals surface area contributed by atoms with E-state index in [-0.39, 0.29) is 11.7 Å². The van der Waals surface area contributed by atoms with Crippen molar-refractivity contribution in [2.75, 3.05) is 0 Å². The van der Waals surface area contributed by atoms with Crippen molar-refractivity contribution in [3.8, 4) is 5.75 Å². The van der Waals surface area contributed by atoms with E-state index in [1.165, 1.54) is 0 Å². The highest BCUT2D eigenvalue weighted by atomic mass is 35.5. The first kappa shape index (κ1) is 16.2. The lowest BCUT2D eigenvalue weighted by Gasteiger charge is -2.20. The molecule has 0 fully saturated rings. The largest absolute Gasteiger partial charge is 0.435 e. The fraction of sp³-hybridized carbons (Fsp3) is 0.600. The van der Waals surface area contributed by atoms with Crippen molar-refractivity contribution in [2.45, 2.75) is 58.5 Å². The Hall–Kier alpha value is -0.830. The molecule has 19 heavy (non-hydrogen) atoms. The van der Waals surface area contributed by atoms with E-state index >= 15 is 0 Å². The average Bonchev–Trinajstić information content (AvgIpc) is 2.36. The van der Waals surface area contributed by atoms with Gasteiger partial charge in [-0.1, -0.05) is 44.7 Å². The van der Waals surface area contributed by atoms with Crippen molar-refractivity contribution in [3.05, 3.63) is 28.8 Å². The normalized spacial score (nSPS) is 12.7. The molecule has 0 heterocycles. The molecular weight excluding hydrogens is 270 g/mol. The first-order valence-electron chi connectivity index (χ1n) is 6.82. The lowest BCUT2D eigenvalue weighted by molar-refractivity contribution is -0.0506. The van der Waals surface area contributed by atoms with Crippen LogP contribution in [0.15, 0.2) is 18.2 Å². The van der Waals surface area contributed by atoms with Gasteiger partial charge in [0.05, 0.1) is 0 Å². The van der Waals surface area contributed by atoms with Crippen LogP contribution in [0.25, 0.3) is 0 Å². The summed E-state index contributed by atoms with van der Waals surface area (Å²) in [5.74, 6) is 0.492. The fourth-order valence-electron chi connectivity index (χ4n) is 2.30. The van der Waals surface area contributed by atoms with E-state index in [0.29, 0.717) is 5.02 Å². The Kier molecular flexibility index (Phi) is 7.14. The summed E-state index contributed by atoms with van der Waals surface area (Å²) in [5.41, 5.74) is 0.808. The third kappa shape index (κ3) is 5.35. The van der Waals surface area contributed by atoms with E-state index in [1.54, 1.807) is 18.2 Å². The molecular formula is C15H21ClF2O. The van der Waals surface area contributed by atoms with Gasteiger partial charge in [-0.05, 0) is 42.5 Å². The molecule has 0 saturated heterocycles. The minimum Gasteiger partial charge on any atom is -0.435 e. The van der Waals surface area contributed by atoms with Crippen molar-refractivity contribution >= 4 is 11.6 Å². The van der Waals surface area contributed by atoms with E-state index < -0.39 is 6.61 Å². The smallest absolute Gasteiger partial charge is 0.387 e. The molecule has 1 aromatic rings. The fourth-order valence-corrected chi connectivity index (χ4v) is 2.48. The second kappa shape index (κ2) is 8.36. The maximum atomic E-state index is 12.4. The van der Waals surface area contributed by atoms with Gasteiger partial charge in [0.25, 0.3) is 0 Å². The molecule has 1 rings (SSSR count). The number of unbranched alkanes of at least 4 members (excludes halogenated alkanes) is 1. The Balaban J connectivity index is 2.99. The van der Waals surface area contributed by atoms with Crippen LogP contribution in [-0.2, 0) is 0 Å². The van der Waals surface area contributed by atoms with Crippen molar-refractivity contribution < 1.29 is 13.5 Å². The molecule has 0 saturated carbocycles. The molecule has 4 heteroatoms. The van der Waals surface area contributed by atoms with Gasteiger partial charge in [-0.3, -0.25) is 0 Å². The zero-order chi connectivity index (χ0) is 14.3. The number of benzene rings is 1. The summed E-state index contributed by atoms with van der Waals surface area (Å²) in [7, 11) is 0. The van der Waals surface area contributed by atoms with Gasteiger partial charge >= 0.3 is 6.61 Å². The van der Waals surface area contributed by atoms with Gasteiger partial charge in [0.2, 0.25) is 0 Å². The average molecular weight is 291 g/mol. The van der Waals surface area contributed by atoms with Crippen LogP contribution >= 0.6 is 11.6 Å². The summed E-state index contributed by atoms with van der Waals surface area (Å²) in [4.78, 5) is 0. The molecule has 1 aromatic carbocycles. The monoisotopic (exact) mass is 290 g/mol. The SMILES string of the molecule is CCCCC(CCC)c1cc(Cl)ccc1OC(F)F. The first-order chi connectivity index (χ1) is 9.08. The molecule has 108 valence electrons. The predicted octanol–water partition coefficient (Wildman–Crippen LogP) is 6.02. The molecule has 0 aliphatic rings. The molecule has 0 amide bonds. The van der Waals surface area contributed by atoms with Crippen LogP contribution in [-0.4, -0.2) is 6.61 Å². The Labute approximate surface area is 118 Å². The van der Waals surface area contributed by atoms with Crippen molar-refractivity contribution in [1.29, 1.82) is 0 Å². The van der Waals surface area contributed by atoms with Gasteiger partial charge in [-0.2, -0.15) is 8.78 Å². The number of ether oxygens (including phenoxy) is 1. The maximum absolute atomic E-state index is 12.4. The third-order valence-corrected chi connectivity index (χ3v) is 3.41. The molecule has 0 aromatic heterocycles. The van der Waals surface area contributed by atoms with Gasteiger partial charge in [-0.25, -0.2) is 0 Å². The van der Waals surface area contributed by atoms with Crippen molar-refractivity contribution in [1.82, 2.24) is 0 Å². The van der Waals surface area contributed by atoms with Gasteiger partial charge < -0.3 is 4.74 Å². The highest BCUT2D eigenvalue weighted by Gasteiger charge is 2.18. The number of rotatable bonds is 8. The van der Waals surface area contributed by atoms with Gasteiger partial charge in [0, 0.05) is 5.02 Å². The maximum Gasteiger partial charge on any atom is 0.387 e. The number of hydrogen-bond acceptors (Lipinski definition) is 1. The predicted molar refractivity (Wildman–Crippen MR) is 75.3 cm³/mol.